The maximum atomic E-state index is 12.7. The second-order valence-electron chi connectivity index (χ2n) is 5.47. The summed E-state index contributed by atoms with van der Waals surface area (Å²) >= 11 is 3.45. The first kappa shape index (κ1) is 16.7. The third-order valence-electron chi connectivity index (χ3n) is 3.86. The highest BCUT2D eigenvalue weighted by Crippen LogP contribution is 2.36. The molecule has 126 valence electrons. The monoisotopic (exact) mass is 390 g/mol. The lowest BCUT2D eigenvalue weighted by atomic mass is 9.94. The van der Waals surface area contributed by atoms with Crippen molar-refractivity contribution in [2.75, 3.05) is 11.9 Å². The van der Waals surface area contributed by atoms with Gasteiger partial charge in [-0.05, 0) is 31.0 Å². The topological polar surface area (TPSA) is 69.0 Å². The zero-order valence-corrected chi connectivity index (χ0v) is 15.2. The molecular weight excluding hydrogens is 372 g/mol. The van der Waals surface area contributed by atoms with Crippen molar-refractivity contribution in [2.45, 2.75) is 32.7 Å². The predicted octanol–water partition coefficient (Wildman–Crippen LogP) is 3.67. The molecule has 0 saturated carbocycles. The van der Waals surface area contributed by atoms with Crippen LogP contribution in [0.15, 0.2) is 46.3 Å². The number of rotatable bonds is 5. The molecule has 3 rings (SSSR count). The number of allylic oxidation sites excluding steroid dienone is 1. The van der Waals surface area contributed by atoms with Crippen molar-refractivity contribution in [2.24, 2.45) is 0 Å². The number of fused-ring (bicyclic) bond motifs is 1. The van der Waals surface area contributed by atoms with Crippen LogP contribution in [0, 0.1) is 0 Å². The fourth-order valence-electron chi connectivity index (χ4n) is 2.86. The molecule has 1 aliphatic heterocycles. The van der Waals surface area contributed by atoms with Gasteiger partial charge in [0.05, 0.1) is 12.2 Å². The molecule has 0 aliphatic carbocycles. The van der Waals surface area contributed by atoms with E-state index in [2.05, 4.69) is 38.3 Å². The van der Waals surface area contributed by atoms with E-state index in [1.165, 1.54) is 6.33 Å². The van der Waals surface area contributed by atoms with Crippen LogP contribution < -0.4 is 5.32 Å². The Morgan fingerprint density at radius 1 is 1.33 bits per heavy atom. The molecule has 0 spiro atoms. The van der Waals surface area contributed by atoms with E-state index in [4.69, 9.17) is 4.74 Å². The molecule has 1 aromatic heterocycles. The highest BCUT2D eigenvalue weighted by atomic mass is 79.9. The summed E-state index contributed by atoms with van der Waals surface area (Å²) in [4.78, 5) is 16.9. The fourth-order valence-corrected chi connectivity index (χ4v) is 3.13. The molecule has 7 heteroatoms. The molecule has 0 fully saturated rings. The second-order valence-corrected chi connectivity index (χ2v) is 6.39. The van der Waals surface area contributed by atoms with Crippen LogP contribution in [-0.4, -0.2) is 27.3 Å². The van der Waals surface area contributed by atoms with Crippen molar-refractivity contribution in [3.8, 4) is 0 Å². The van der Waals surface area contributed by atoms with E-state index in [0.29, 0.717) is 18.1 Å². The standard InChI is InChI=1S/C17H19BrN4O2/c1-3-5-13-14(16(23)24-4-2)15(11-6-8-12(18)9-7-11)22-17(21-13)19-10-20-22/h6-10,15H,3-5H2,1-2H3,(H,19,20,21)/t15-/m0/s1. The number of aromatic nitrogens is 3. The molecule has 6 nitrogen and oxygen atoms in total. The lowest BCUT2D eigenvalue weighted by Crippen LogP contribution is -2.30. The first-order valence-electron chi connectivity index (χ1n) is 7.97. The number of ether oxygens (including phenoxy) is 1. The summed E-state index contributed by atoms with van der Waals surface area (Å²) in [6, 6.07) is 7.52. The Morgan fingerprint density at radius 3 is 2.75 bits per heavy atom. The maximum absolute atomic E-state index is 12.7. The summed E-state index contributed by atoms with van der Waals surface area (Å²) in [5.41, 5.74) is 2.41. The van der Waals surface area contributed by atoms with Crippen molar-refractivity contribution in [1.29, 1.82) is 0 Å². The molecule has 0 amide bonds. The Kier molecular flexibility index (Phi) is 4.99. The summed E-state index contributed by atoms with van der Waals surface area (Å²) in [5, 5.41) is 7.55. The number of esters is 1. The number of carbonyl (C=O) groups is 1. The molecule has 1 atom stereocenters. The van der Waals surface area contributed by atoms with Gasteiger partial charge in [-0.15, -0.1) is 0 Å². The van der Waals surface area contributed by atoms with Gasteiger partial charge < -0.3 is 10.1 Å². The minimum Gasteiger partial charge on any atom is -0.463 e. The minimum atomic E-state index is -0.350. The van der Waals surface area contributed by atoms with Gasteiger partial charge in [0.2, 0.25) is 5.95 Å². The molecule has 1 aromatic carbocycles. The number of halogens is 1. The van der Waals surface area contributed by atoms with Gasteiger partial charge in [-0.25, -0.2) is 9.48 Å². The summed E-state index contributed by atoms with van der Waals surface area (Å²) in [6.07, 6.45) is 3.15. The van der Waals surface area contributed by atoms with Gasteiger partial charge in [-0.2, -0.15) is 10.1 Å². The number of nitrogens with zero attached hydrogens (tertiary/aromatic N) is 3. The Labute approximate surface area is 149 Å². The fraction of sp³-hybridized carbons (Fsp3) is 0.353. The van der Waals surface area contributed by atoms with Crippen LogP contribution in [0.5, 0.6) is 0 Å². The lowest BCUT2D eigenvalue weighted by Gasteiger charge is -2.29. The summed E-state index contributed by atoms with van der Waals surface area (Å²) in [7, 11) is 0. The molecular formula is C17H19BrN4O2. The van der Waals surface area contributed by atoms with Crippen LogP contribution in [0.1, 0.15) is 38.3 Å². The quantitative estimate of drug-likeness (QED) is 0.788. The van der Waals surface area contributed by atoms with Gasteiger partial charge >= 0.3 is 5.97 Å². The van der Waals surface area contributed by atoms with Gasteiger partial charge in [0.15, 0.2) is 0 Å². The summed E-state index contributed by atoms with van der Waals surface area (Å²) < 4.78 is 8.03. The second kappa shape index (κ2) is 7.17. The Balaban J connectivity index is 2.15. The minimum absolute atomic E-state index is 0.317. The molecule has 2 aromatic rings. The molecule has 2 heterocycles. The molecule has 0 unspecified atom stereocenters. The van der Waals surface area contributed by atoms with Crippen LogP contribution in [0.25, 0.3) is 0 Å². The van der Waals surface area contributed by atoms with E-state index >= 15 is 0 Å². The van der Waals surface area contributed by atoms with E-state index in [1.54, 1.807) is 4.68 Å². The van der Waals surface area contributed by atoms with Crippen molar-refractivity contribution in [3.63, 3.8) is 0 Å². The molecule has 1 N–H and O–H groups in total. The normalized spacial score (nSPS) is 16.5. The first-order chi connectivity index (χ1) is 11.7. The highest BCUT2D eigenvalue weighted by Gasteiger charge is 2.35. The van der Waals surface area contributed by atoms with Crippen molar-refractivity contribution < 1.29 is 9.53 Å². The van der Waals surface area contributed by atoms with E-state index in [9.17, 15) is 4.79 Å². The lowest BCUT2D eigenvalue weighted by molar-refractivity contribution is -0.139. The summed E-state index contributed by atoms with van der Waals surface area (Å²) in [5.74, 6) is 0.321. The van der Waals surface area contributed by atoms with Crippen molar-refractivity contribution in [3.05, 3.63) is 51.9 Å². The van der Waals surface area contributed by atoms with E-state index in [0.717, 1.165) is 28.6 Å². The van der Waals surface area contributed by atoms with Crippen LogP contribution in [-0.2, 0) is 9.53 Å². The Bertz CT molecular complexity index is 767. The van der Waals surface area contributed by atoms with Gasteiger partial charge in [0, 0.05) is 10.2 Å². The number of hydrogen-bond donors (Lipinski definition) is 1. The highest BCUT2D eigenvalue weighted by molar-refractivity contribution is 9.10. The average molecular weight is 391 g/mol. The van der Waals surface area contributed by atoms with Gasteiger partial charge in [-0.1, -0.05) is 41.4 Å². The smallest absolute Gasteiger partial charge is 0.338 e. The number of hydrogen-bond acceptors (Lipinski definition) is 5. The van der Waals surface area contributed by atoms with Crippen molar-refractivity contribution in [1.82, 2.24) is 14.8 Å². The van der Waals surface area contributed by atoms with Gasteiger partial charge in [0.1, 0.15) is 12.4 Å². The largest absolute Gasteiger partial charge is 0.463 e. The van der Waals surface area contributed by atoms with Crippen LogP contribution in [0.3, 0.4) is 0 Å². The molecule has 0 saturated heterocycles. The van der Waals surface area contributed by atoms with E-state index in [-0.39, 0.29) is 12.0 Å². The zero-order valence-electron chi connectivity index (χ0n) is 13.6. The summed E-state index contributed by atoms with van der Waals surface area (Å²) in [6.45, 7) is 4.22. The molecule has 24 heavy (non-hydrogen) atoms. The molecule has 0 bridgehead atoms. The third-order valence-corrected chi connectivity index (χ3v) is 4.39. The van der Waals surface area contributed by atoms with E-state index < -0.39 is 0 Å². The Hall–Kier alpha value is -2.15. The van der Waals surface area contributed by atoms with Gasteiger partial charge in [-0.3, -0.25) is 0 Å². The average Bonchev–Trinajstić information content (AvgIpc) is 3.03. The van der Waals surface area contributed by atoms with Gasteiger partial charge in [0.25, 0.3) is 0 Å². The maximum Gasteiger partial charge on any atom is 0.338 e. The van der Waals surface area contributed by atoms with E-state index in [1.807, 2.05) is 31.2 Å². The van der Waals surface area contributed by atoms with Crippen molar-refractivity contribution >= 4 is 27.8 Å². The van der Waals surface area contributed by atoms with Crippen LogP contribution in [0.2, 0.25) is 0 Å². The number of nitrogens with one attached hydrogen (secondary N) is 1. The van der Waals surface area contributed by atoms with Crippen LogP contribution in [0.4, 0.5) is 5.95 Å². The number of anilines is 1. The molecule has 1 aliphatic rings. The third kappa shape index (κ3) is 3.08. The SMILES string of the molecule is CCCC1=C(C(=O)OCC)[C@H](c2ccc(Br)cc2)n2ncnc2N1. The number of benzene rings is 1. The number of carbonyl (C=O) groups excluding carboxylic acids is 1. The first-order valence-corrected chi connectivity index (χ1v) is 8.77. The zero-order chi connectivity index (χ0) is 17.1. The Morgan fingerprint density at radius 2 is 2.08 bits per heavy atom. The molecule has 0 radical (unpaired) electrons. The van der Waals surface area contributed by atoms with Crippen LogP contribution >= 0.6 is 15.9 Å². The predicted molar refractivity (Wildman–Crippen MR) is 94.5 cm³/mol.